The van der Waals surface area contributed by atoms with Gasteiger partial charge in [0.15, 0.2) is 0 Å². The van der Waals surface area contributed by atoms with E-state index in [1.807, 2.05) is 0 Å². The monoisotopic (exact) mass is 391 g/mol. The van der Waals surface area contributed by atoms with Crippen LogP contribution in [0.2, 0.25) is 0 Å². The number of carboxylic acids is 1. The third-order valence-corrected chi connectivity index (χ3v) is 4.04. The molecule has 0 saturated heterocycles. The number of carbonyl (C=O) groups excluding carboxylic acids is 1. The van der Waals surface area contributed by atoms with Crippen LogP contribution in [0.1, 0.15) is 21.5 Å². The first-order chi connectivity index (χ1) is 14.0. The highest BCUT2D eigenvalue weighted by Crippen LogP contribution is 2.22. The van der Waals surface area contributed by atoms with E-state index in [0.29, 0.717) is 16.9 Å². The average molecular weight is 391 g/mol. The van der Waals surface area contributed by atoms with Crippen LogP contribution in [0.3, 0.4) is 0 Å². The molecule has 3 aromatic rings. The SMILES string of the molecule is O=C(O)C(=Cc1ccccc1OCc1ccc(F)cc1)NC(=O)c1ccccc1. The van der Waals surface area contributed by atoms with E-state index in [4.69, 9.17) is 4.74 Å². The Kier molecular flexibility index (Phi) is 6.37. The molecule has 0 aromatic heterocycles. The highest BCUT2D eigenvalue weighted by molar-refractivity contribution is 6.02. The maximum absolute atomic E-state index is 13.0. The summed E-state index contributed by atoms with van der Waals surface area (Å²) in [6, 6.07) is 21.1. The van der Waals surface area contributed by atoms with Gasteiger partial charge in [-0.2, -0.15) is 0 Å². The zero-order chi connectivity index (χ0) is 20.6. The van der Waals surface area contributed by atoms with E-state index in [-0.39, 0.29) is 18.1 Å². The summed E-state index contributed by atoms with van der Waals surface area (Å²) < 4.78 is 18.8. The summed E-state index contributed by atoms with van der Waals surface area (Å²) in [7, 11) is 0. The van der Waals surface area contributed by atoms with Crippen LogP contribution >= 0.6 is 0 Å². The van der Waals surface area contributed by atoms with Gasteiger partial charge in [0, 0.05) is 11.1 Å². The predicted octanol–water partition coefficient (Wildman–Crippen LogP) is 4.26. The number of carboxylic acid groups (broad SMARTS) is 1. The van der Waals surface area contributed by atoms with Crippen molar-refractivity contribution in [1.29, 1.82) is 0 Å². The van der Waals surface area contributed by atoms with Crippen molar-refractivity contribution < 1.29 is 23.8 Å². The molecule has 1 amide bonds. The summed E-state index contributed by atoms with van der Waals surface area (Å²) in [6.45, 7) is 0.184. The second kappa shape index (κ2) is 9.32. The number of hydrogen-bond acceptors (Lipinski definition) is 3. The zero-order valence-electron chi connectivity index (χ0n) is 15.3. The summed E-state index contributed by atoms with van der Waals surface area (Å²) in [5, 5.41) is 11.9. The highest BCUT2D eigenvalue weighted by Gasteiger charge is 2.14. The van der Waals surface area contributed by atoms with E-state index in [1.165, 1.54) is 18.2 Å². The molecule has 0 aliphatic heterocycles. The summed E-state index contributed by atoms with van der Waals surface area (Å²) in [4.78, 5) is 23.9. The van der Waals surface area contributed by atoms with Crippen molar-refractivity contribution in [2.45, 2.75) is 6.61 Å². The van der Waals surface area contributed by atoms with Gasteiger partial charge >= 0.3 is 5.97 Å². The van der Waals surface area contributed by atoms with Crippen molar-refractivity contribution >= 4 is 18.0 Å². The fourth-order valence-corrected chi connectivity index (χ4v) is 2.56. The van der Waals surface area contributed by atoms with Gasteiger partial charge in [-0.05, 0) is 42.0 Å². The van der Waals surface area contributed by atoms with Crippen molar-refractivity contribution in [2.24, 2.45) is 0 Å². The molecule has 0 fully saturated rings. The van der Waals surface area contributed by atoms with E-state index in [2.05, 4.69) is 5.32 Å². The van der Waals surface area contributed by atoms with Crippen molar-refractivity contribution in [1.82, 2.24) is 5.32 Å². The van der Waals surface area contributed by atoms with Crippen LogP contribution in [0.25, 0.3) is 6.08 Å². The number of para-hydroxylation sites is 1. The Balaban J connectivity index is 1.80. The molecule has 0 bridgehead atoms. The molecule has 6 heteroatoms. The summed E-state index contributed by atoms with van der Waals surface area (Å²) in [6.07, 6.45) is 1.34. The molecule has 0 radical (unpaired) electrons. The number of ether oxygens (including phenoxy) is 1. The van der Waals surface area contributed by atoms with Gasteiger partial charge in [0.05, 0.1) is 0 Å². The maximum atomic E-state index is 13.0. The van der Waals surface area contributed by atoms with Gasteiger partial charge in [0.25, 0.3) is 5.91 Å². The van der Waals surface area contributed by atoms with Crippen LogP contribution in [0.4, 0.5) is 4.39 Å². The van der Waals surface area contributed by atoms with Crippen LogP contribution in [-0.4, -0.2) is 17.0 Å². The normalized spacial score (nSPS) is 11.0. The number of carbonyl (C=O) groups is 2. The standard InChI is InChI=1S/C23H18FNO4/c24-19-12-10-16(11-13-19)15-29-21-9-5-4-8-18(21)14-20(23(27)28)25-22(26)17-6-2-1-3-7-17/h1-14H,15H2,(H,25,26)(H,27,28). The Hall–Kier alpha value is -3.93. The molecule has 0 heterocycles. The van der Waals surface area contributed by atoms with E-state index < -0.39 is 11.9 Å². The van der Waals surface area contributed by atoms with Crippen molar-refractivity contribution in [3.05, 3.63) is 107 Å². The molecule has 5 nitrogen and oxygen atoms in total. The van der Waals surface area contributed by atoms with E-state index in [0.717, 1.165) is 5.56 Å². The van der Waals surface area contributed by atoms with E-state index in [9.17, 15) is 19.1 Å². The Morgan fingerprint density at radius 2 is 1.59 bits per heavy atom. The molecule has 3 aromatic carbocycles. The highest BCUT2D eigenvalue weighted by atomic mass is 19.1. The molecule has 0 spiro atoms. The second-order valence-electron chi connectivity index (χ2n) is 6.14. The number of benzene rings is 3. The molecule has 0 saturated carbocycles. The number of rotatable bonds is 7. The number of nitrogens with one attached hydrogen (secondary N) is 1. The molecule has 3 rings (SSSR count). The lowest BCUT2D eigenvalue weighted by Crippen LogP contribution is -2.27. The van der Waals surface area contributed by atoms with Crippen LogP contribution < -0.4 is 10.1 Å². The fourth-order valence-electron chi connectivity index (χ4n) is 2.56. The smallest absolute Gasteiger partial charge is 0.352 e. The van der Waals surface area contributed by atoms with Gasteiger partial charge in [-0.3, -0.25) is 4.79 Å². The number of amides is 1. The third-order valence-electron chi connectivity index (χ3n) is 4.04. The molecule has 0 aliphatic carbocycles. The summed E-state index contributed by atoms with van der Waals surface area (Å²) in [5.41, 5.74) is 1.32. The molecule has 0 atom stereocenters. The molecule has 29 heavy (non-hydrogen) atoms. The Morgan fingerprint density at radius 3 is 2.28 bits per heavy atom. The Labute approximate surface area is 167 Å². The molecule has 0 unspecified atom stereocenters. The summed E-state index contributed by atoms with van der Waals surface area (Å²) in [5.74, 6) is -1.70. The van der Waals surface area contributed by atoms with Crippen molar-refractivity contribution in [2.75, 3.05) is 0 Å². The van der Waals surface area contributed by atoms with Crippen LogP contribution in [0.5, 0.6) is 5.75 Å². The van der Waals surface area contributed by atoms with Gasteiger partial charge in [-0.25, -0.2) is 9.18 Å². The van der Waals surface area contributed by atoms with Gasteiger partial charge in [0.2, 0.25) is 0 Å². The van der Waals surface area contributed by atoms with Gasteiger partial charge in [-0.1, -0.05) is 48.5 Å². The topological polar surface area (TPSA) is 75.6 Å². The minimum atomic E-state index is -1.28. The van der Waals surface area contributed by atoms with E-state index >= 15 is 0 Å². The number of hydrogen-bond donors (Lipinski definition) is 2. The lowest BCUT2D eigenvalue weighted by atomic mass is 10.1. The second-order valence-corrected chi connectivity index (χ2v) is 6.14. The average Bonchev–Trinajstić information content (AvgIpc) is 2.74. The Morgan fingerprint density at radius 1 is 0.931 bits per heavy atom. The maximum Gasteiger partial charge on any atom is 0.352 e. The molecular formula is C23H18FNO4. The van der Waals surface area contributed by atoms with Crippen molar-refractivity contribution in [3.63, 3.8) is 0 Å². The lowest BCUT2D eigenvalue weighted by molar-refractivity contribution is -0.132. The van der Waals surface area contributed by atoms with Gasteiger partial charge < -0.3 is 15.2 Å². The first-order valence-electron chi connectivity index (χ1n) is 8.80. The van der Waals surface area contributed by atoms with Crippen LogP contribution in [0.15, 0.2) is 84.6 Å². The minimum Gasteiger partial charge on any atom is -0.488 e. The fraction of sp³-hybridized carbons (Fsp3) is 0.0435. The van der Waals surface area contributed by atoms with Crippen LogP contribution in [-0.2, 0) is 11.4 Å². The van der Waals surface area contributed by atoms with Gasteiger partial charge in [-0.15, -0.1) is 0 Å². The number of halogens is 1. The molecule has 0 aliphatic rings. The predicted molar refractivity (Wildman–Crippen MR) is 107 cm³/mol. The largest absolute Gasteiger partial charge is 0.488 e. The molecular weight excluding hydrogens is 373 g/mol. The quantitative estimate of drug-likeness (QED) is 0.590. The van der Waals surface area contributed by atoms with Crippen molar-refractivity contribution in [3.8, 4) is 5.75 Å². The van der Waals surface area contributed by atoms with Crippen LogP contribution in [0, 0.1) is 5.82 Å². The van der Waals surface area contributed by atoms with E-state index in [1.54, 1.807) is 66.7 Å². The molecule has 2 N–H and O–H groups in total. The summed E-state index contributed by atoms with van der Waals surface area (Å²) >= 11 is 0. The lowest BCUT2D eigenvalue weighted by Gasteiger charge is -2.11. The minimum absolute atomic E-state index is 0.184. The molecule has 146 valence electrons. The Bertz CT molecular complexity index is 1030. The number of aliphatic carboxylic acids is 1. The third kappa shape index (κ3) is 5.52. The first-order valence-corrected chi connectivity index (χ1v) is 8.80. The first kappa shape index (κ1) is 19.8. The zero-order valence-corrected chi connectivity index (χ0v) is 15.3. The van der Waals surface area contributed by atoms with Gasteiger partial charge in [0.1, 0.15) is 23.9 Å².